The molecule has 0 aliphatic heterocycles. The van der Waals surface area contributed by atoms with Gasteiger partial charge in [0.1, 0.15) is 0 Å². The predicted molar refractivity (Wildman–Crippen MR) is 46.7 cm³/mol. The molecule has 0 bridgehead atoms. The van der Waals surface area contributed by atoms with E-state index in [4.69, 9.17) is 0 Å². The van der Waals surface area contributed by atoms with Crippen molar-refractivity contribution in [2.45, 2.75) is 44.7 Å². The first-order valence-electron chi connectivity index (χ1n) is 3.96. The van der Waals surface area contributed by atoms with Crippen LogP contribution in [0.2, 0.25) is 4.71 Å². The molecule has 3 unspecified atom stereocenters. The number of hydrogen-bond acceptors (Lipinski definition) is 0. The molecule has 0 aromatic heterocycles. The van der Waals surface area contributed by atoms with E-state index in [1.165, 1.54) is 19.3 Å². The first-order valence-corrected chi connectivity index (χ1v) is 5.36. The second kappa shape index (κ2) is 5.35. The summed E-state index contributed by atoms with van der Waals surface area (Å²) in [6, 6.07) is 0. The average molecular weight is 190 g/mol. The second-order valence-corrected chi connectivity index (χ2v) is 4.90. The van der Waals surface area contributed by atoms with E-state index in [1.54, 1.807) is 0 Å². The van der Waals surface area contributed by atoms with E-state index in [0.29, 0.717) is 0 Å². The molecule has 0 rings (SSSR count). The Labute approximate surface area is 67.9 Å². The first-order chi connectivity index (χ1) is 4.20. The molecule has 0 aliphatic rings. The summed E-state index contributed by atoms with van der Waals surface area (Å²) in [5.74, 6) is 0.946. The summed E-state index contributed by atoms with van der Waals surface area (Å²) in [7, 11) is 0. The van der Waals surface area contributed by atoms with Crippen molar-refractivity contribution in [2.24, 2.45) is 5.92 Å². The third-order valence-electron chi connectivity index (χ3n) is 1.93. The van der Waals surface area contributed by atoms with E-state index in [1.807, 2.05) is 16.9 Å². The molecule has 0 radical (unpaired) electrons. The van der Waals surface area contributed by atoms with Gasteiger partial charge in [0.2, 0.25) is 0 Å². The van der Waals surface area contributed by atoms with Crippen molar-refractivity contribution >= 4 is 16.9 Å². The van der Waals surface area contributed by atoms with Crippen LogP contribution in [0.15, 0.2) is 0 Å². The Balaban J connectivity index is 3.22. The van der Waals surface area contributed by atoms with Crippen LogP contribution in [0, 0.1) is 5.92 Å². The van der Waals surface area contributed by atoms with Gasteiger partial charge in [-0.2, -0.15) is 0 Å². The summed E-state index contributed by atoms with van der Waals surface area (Å²) in [4.78, 5) is 0. The summed E-state index contributed by atoms with van der Waals surface area (Å²) in [5, 5.41) is 0. The summed E-state index contributed by atoms with van der Waals surface area (Å²) in [5.41, 5.74) is 0. The molecule has 0 heterocycles. The summed E-state index contributed by atoms with van der Waals surface area (Å²) >= 11 is 1.91. The Morgan fingerprint density at radius 1 is 1.22 bits per heavy atom. The van der Waals surface area contributed by atoms with Crippen LogP contribution in [0.5, 0.6) is 0 Å². The normalized spacial score (nSPS) is 17.3. The van der Waals surface area contributed by atoms with Crippen LogP contribution in [-0.4, -0.2) is 16.9 Å². The van der Waals surface area contributed by atoms with Gasteiger partial charge in [-0.25, -0.2) is 0 Å². The molecule has 0 aromatic carbocycles. The first kappa shape index (κ1) is 9.56. The monoisotopic (exact) mass is 190 g/mol. The van der Waals surface area contributed by atoms with Crippen LogP contribution >= 0.6 is 0 Å². The molecule has 56 valence electrons. The molecule has 9 heavy (non-hydrogen) atoms. The SMILES string of the molecule is CCC(C)CC([AsH2])CC. The van der Waals surface area contributed by atoms with Gasteiger partial charge in [0.25, 0.3) is 0 Å². The quantitative estimate of drug-likeness (QED) is 0.596. The third-order valence-corrected chi connectivity index (χ3v) is 3.49. The van der Waals surface area contributed by atoms with Gasteiger partial charge in [-0.3, -0.25) is 0 Å². The zero-order valence-electron chi connectivity index (χ0n) is 6.85. The molecule has 0 saturated heterocycles. The molecule has 0 N–H and O–H groups in total. The van der Waals surface area contributed by atoms with Gasteiger partial charge in [0, 0.05) is 0 Å². The number of rotatable bonds is 4. The van der Waals surface area contributed by atoms with Crippen molar-refractivity contribution in [3.63, 3.8) is 0 Å². The standard InChI is InChI=1S/C8H19As/c1-4-7(3)6-8(9)5-2/h7-8H,4-6,9H2,1-3H3. The van der Waals surface area contributed by atoms with Gasteiger partial charge in [-0.05, 0) is 0 Å². The molecule has 0 nitrogen and oxygen atoms in total. The van der Waals surface area contributed by atoms with Gasteiger partial charge < -0.3 is 0 Å². The average Bonchev–Trinajstić information content (AvgIpc) is 1.87. The van der Waals surface area contributed by atoms with Gasteiger partial charge in [-0.15, -0.1) is 0 Å². The molecule has 3 atom stereocenters. The zero-order chi connectivity index (χ0) is 7.28. The summed E-state index contributed by atoms with van der Waals surface area (Å²) < 4.78 is 0.993. The van der Waals surface area contributed by atoms with Crippen molar-refractivity contribution in [1.29, 1.82) is 0 Å². The summed E-state index contributed by atoms with van der Waals surface area (Å²) in [6.45, 7) is 6.91. The molecule has 1 heteroatoms. The fraction of sp³-hybridized carbons (Fsp3) is 1.00. The van der Waals surface area contributed by atoms with E-state index in [0.717, 1.165) is 10.6 Å². The molecule has 0 spiro atoms. The number of hydrogen-bond donors (Lipinski definition) is 0. The Morgan fingerprint density at radius 2 is 1.78 bits per heavy atom. The molecule has 0 aromatic rings. The Morgan fingerprint density at radius 3 is 2.11 bits per heavy atom. The minimum atomic E-state index is 0.946. The van der Waals surface area contributed by atoms with E-state index in [2.05, 4.69) is 20.8 Å². The van der Waals surface area contributed by atoms with Crippen LogP contribution < -0.4 is 0 Å². The van der Waals surface area contributed by atoms with Gasteiger partial charge in [0.05, 0.1) is 0 Å². The van der Waals surface area contributed by atoms with Crippen LogP contribution in [0.4, 0.5) is 0 Å². The van der Waals surface area contributed by atoms with Crippen LogP contribution in [-0.2, 0) is 0 Å². The van der Waals surface area contributed by atoms with Crippen molar-refractivity contribution < 1.29 is 0 Å². The molecular weight excluding hydrogens is 171 g/mol. The molecule has 0 aliphatic carbocycles. The van der Waals surface area contributed by atoms with Gasteiger partial charge in [0.15, 0.2) is 0 Å². The Hall–Kier alpha value is 0.558. The fourth-order valence-corrected chi connectivity index (χ4v) is 1.82. The van der Waals surface area contributed by atoms with E-state index >= 15 is 0 Å². The van der Waals surface area contributed by atoms with Gasteiger partial charge >= 0.3 is 67.5 Å². The molecule has 0 amide bonds. The molecule has 0 saturated carbocycles. The maximum atomic E-state index is 2.35. The van der Waals surface area contributed by atoms with Crippen LogP contribution in [0.3, 0.4) is 0 Å². The van der Waals surface area contributed by atoms with E-state index in [-0.39, 0.29) is 0 Å². The summed E-state index contributed by atoms with van der Waals surface area (Å²) in [6.07, 6.45) is 4.15. The van der Waals surface area contributed by atoms with Crippen molar-refractivity contribution in [3.8, 4) is 0 Å². The molecule has 0 fully saturated rings. The fourth-order valence-electron chi connectivity index (χ4n) is 0.850. The molecular formula is C8H19As. The topological polar surface area (TPSA) is 0 Å². The van der Waals surface area contributed by atoms with Gasteiger partial charge in [-0.1, -0.05) is 0 Å². The maximum absolute atomic E-state index is 2.35. The van der Waals surface area contributed by atoms with Crippen molar-refractivity contribution in [2.75, 3.05) is 0 Å². The minimum absolute atomic E-state index is 0.946. The zero-order valence-corrected chi connectivity index (χ0v) is 9.28. The Bertz CT molecular complexity index is 53.6. The van der Waals surface area contributed by atoms with Crippen LogP contribution in [0.1, 0.15) is 40.0 Å². The van der Waals surface area contributed by atoms with E-state index in [9.17, 15) is 0 Å². The Kier molecular flexibility index (Phi) is 5.68. The van der Waals surface area contributed by atoms with Crippen molar-refractivity contribution in [1.82, 2.24) is 0 Å². The predicted octanol–water partition coefficient (Wildman–Crippen LogP) is 2.25. The van der Waals surface area contributed by atoms with Crippen molar-refractivity contribution in [3.05, 3.63) is 0 Å². The van der Waals surface area contributed by atoms with Crippen LogP contribution in [0.25, 0.3) is 0 Å². The van der Waals surface area contributed by atoms with E-state index < -0.39 is 0 Å². The second-order valence-electron chi connectivity index (χ2n) is 2.92. The third kappa shape index (κ3) is 5.03.